The highest BCUT2D eigenvalue weighted by Crippen LogP contribution is 2.31. The topological polar surface area (TPSA) is 89.7 Å². The number of nitrogens with zero attached hydrogens (tertiary/aromatic N) is 3. The third-order valence-corrected chi connectivity index (χ3v) is 7.72. The van der Waals surface area contributed by atoms with Gasteiger partial charge in [-0.15, -0.1) is 0 Å². The van der Waals surface area contributed by atoms with Crippen molar-refractivity contribution in [1.82, 2.24) is 20.4 Å². The molecule has 8 nitrogen and oxygen atoms in total. The van der Waals surface area contributed by atoms with E-state index < -0.39 is 0 Å². The average molecular weight is 525 g/mol. The predicted octanol–water partition coefficient (Wildman–Crippen LogP) is 4.71. The third-order valence-electron chi connectivity index (χ3n) is 6.63. The second kappa shape index (κ2) is 13.5. The number of ether oxygens (including phenoxy) is 2. The lowest BCUT2D eigenvalue weighted by atomic mass is 9.97. The molecule has 0 saturated carbocycles. The Morgan fingerprint density at radius 1 is 1.19 bits per heavy atom. The summed E-state index contributed by atoms with van der Waals surface area (Å²) >= 11 is 1.92. The molecule has 198 valence electrons. The van der Waals surface area contributed by atoms with Crippen LogP contribution in [0.25, 0.3) is 11.4 Å². The number of hydrogen-bond acceptors (Lipinski definition) is 8. The average Bonchev–Trinajstić information content (AvgIpc) is 3.39. The summed E-state index contributed by atoms with van der Waals surface area (Å²) < 4.78 is 16.2. The maximum atomic E-state index is 12.8. The zero-order valence-corrected chi connectivity index (χ0v) is 22.7. The van der Waals surface area contributed by atoms with Gasteiger partial charge in [0.15, 0.2) is 11.5 Å². The van der Waals surface area contributed by atoms with Crippen molar-refractivity contribution < 1.29 is 18.8 Å². The number of benzene rings is 2. The monoisotopic (exact) mass is 524 g/mol. The molecule has 1 aliphatic rings. The van der Waals surface area contributed by atoms with Gasteiger partial charge in [0.2, 0.25) is 17.6 Å². The number of piperidine rings is 1. The van der Waals surface area contributed by atoms with Gasteiger partial charge in [0.25, 0.3) is 0 Å². The molecule has 1 saturated heterocycles. The second-order valence-electron chi connectivity index (χ2n) is 9.28. The minimum atomic E-state index is -0.0124. The van der Waals surface area contributed by atoms with Crippen LogP contribution in [0.5, 0.6) is 11.5 Å². The Labute approximate surface area is 223 Å². The van der Waals surface area contributed by atoms with E-state index in [0.29, 0.717) is 42.8 Å². The molecule has 1 unspecified atom stereocenters. The van der Waals surface area contributed by atoms with Crippen molar-refractivity contribution in [2.75, 3.05) is 39.6 Å². The summed E-state index contributed by atoms with van der Waals surface area (Å²) in [4.78, 5) is 19.6. The van der Waals surface area contributed by atoms with Crippen molar-refractivity contribution in [2.24, 2.45) is 5.92 Å². The van der Waals surface area contributed by atoms with Crippen LogP contribution >= 0.6 is 11.8 Å². The van der Waals surface area contributed by atoms with Crippen LogP contribution in [0.2, 0.25) is 0 Å². The Balaban J connectivity index is 1.20. The normalized spacial score (nSPS) is 15.9. The quantitative estimate of drug-likeness (QED) is 0.341. The molecular formula is C28H36N4O4S. The molecule has 0 bridgehead atoms. The smallest absolute Gasteiger partial charge is 0.241 e. The molecule has 1 fully saturated rings. The van der Waals surface area contributed by atoms with E-state index in [1.54, 1.807) is 14.2 Å². The zero-order chi connectivity index (χ0) is 26.0. The van der Waals surface area contributed by atoms with Gasteiger partial charge in [0, 0.05) is 24.4 Å². The van der Waals surface area contributed by atoms with Crippen LogP contribution in [-0.2, 0) is 17.1 Å². The summed E-state index contributed by atoms with van der Waals surface area (Å²) in [5.41, 5.74) is 3.51. The lowest BCUT2D eigenvalue weighted by Gasteiger charge is -2.30. The molecule has 0 aliphatic carbocycles. The molecule has 1 amide bonds. The molecule has 4 rings (SSSR count). The number of nitrogens with one attached hydrogen (secondary N) is 1. The standard InChI is InChI=1S/C28H36N4O4S/c1-20-8-4-5-9-23(20)19-37-15-7-13-29-28(33)22-10-6-14-32(17-22)18-26-30-27(31-36-26)21-11-12-24(34-2)25(16-21)35-3/h4-5,8-9,11-12,16,22H,6-7,10,13-15,17-19H2,1-3H3,(H,29,33). The van der Waals surface area contributed by atoms with Crippen LogP contribution in [0.4, 0.5) is 0 Å². The number of rotatable bonds is 12. The highest BCUT2D eigenvalue weighted by molar-refractivity contribution is 7.98. The molecule has 1 aromatic heterocycles. The van der Waals surface area contributed by atoms with Gasteiger partial charge < -0.3 is 19.3 Å². The van der Waals surface area contributed by atoms with Gasteiger partial charge in [-0.2, -0.15) is 16.7 Å². The van der Waals surface area contributed by atoms with Crippen LogP contribution in [0.1, 0.15) is 36.3 Å². The van der Waals surface area contributed by atoms with Crippen LogP contribution in [-0.4, -0.2) is 60.6 Å². The Bertz CT molecular complexity index is 1170. The predicted molar refractivity (Wildman–Crippen MR) is 146 cm³/mol. The Morgan fingerprint density at radius 3 is 2.84 bits per heavy atom. The first-order valence-corrected chi connectivity index (χ1v) is 13.9. The van der Waals surface area contributed by atoms with Gasteiger partial charge in [-0.3, -0.25) is 9.69 Å². The van der Waals surface area contributed by atoms with E-state index in [0.717, 1.165) is 42.9 Å². The number of methoxy groups -OCH3 is 2. The fourth-order valence-electron chi connectivity index (χ4n) is 4.50. The van der Waals surface area contributed by atoms with E-state index in [-0.39, 0.29) is 11.8 Å². The van der Waals surface area contributed by atoms with Crippen molar-refractivity contribution in [2.45, 2.75) is 38.5 Å². The first-order chi connectivity index (χ1) is 18.1. The number of aryl methyl sites for hydroxylation is 1. The summed E-state index contributed by atoms with van der Waals surface area (Å²) in [5, 5.41) is 7.28. The number of likely N-dealkylation sites (tertiary alicyclic amines) is 1. The molecule has 1 N–H and O–H groups in total. The van der Waals surface area contributed by atoms with E-state index in [9.17, 15) is 4.79 Å². The molecule has 0 spiro atoms. The zero-order valence-electron chi connectivity index (χ0n) is 21.9. The summed E-state index contributed by atoms with van der Waals surface area (Å²) in [5.74, 6) is 4.48. The first kappa shape index (κ1) is 27.0. The highest BCUT2D eigenvalue weighted by Gasteiger charge is 2.26. The lowest BCUT2D eigenvalue weighted by Crippen LogP contribution is -2.43. The number of amides is 1. The van der Waals surface area contributed by atoms with Crippen molar-refractivity contribution in [3.05, 3.63) is 59.5 Å². The van der Waals surface area contributed by atoms with Crippen LogP contribution in [0, 0.1) is 12.8 Å². The van der Waals surface area contributed by atoms with E-state index in [1.165, 1.54) is 11.1 Å². The maximum absolute atomic E-state index is 12.8. The van der Waals surface area contributed by atoms with Gasteiger partial charge >= 0.3 is 0 Å². The lowest BCUT2D eigenvalue weighted by molar-refractivity contribution is -0.126. The molecule has 3 aromatic rings. The molecule has 1 aliphatic heterocycles. The van der Waals surface area contributed by atoms with Gasteiger partial charge in [-0.05, 0) is 67.8 Å². The fraction of sp³-hybridized carbons (Fsp3) is 0.464. The largest absolute Gasteiger partial charge is 0.493 e. The number of thioether (sulfide) groups is 1. The summed E-state index contributed by atoms with van der Waals surface area (Å²) in [6.07, 6.45) is 2.85. The second-order valence-corrected chi connectivity index (χ2v) is 10.4. The maximum Gasteiger partial charge on any atom is 0.241 e. The Morgan fingerprint density at radius 2 is 2.03 bits per heavy atom. The minimum absolute atomic E-state index is 0.0124. The van der Waals surface area contributed by atoms with Crippen molar-refractivity contribution >= 4 is 17.7 Å². The van der Waals surface area contributed by atoms with Crippen LogP contribution in [0.3, 0.4) is 0 Å². The van der Waals surface area contributed by atoms with Gasteiger partial charge in [0.05, 0.1) is 26.7 Å². The first-order valence-electron chi connectivity index (χ1n) is 12.7. The molecule has 2 aromatic carbocycles. The van der Waals surface area contributed by atoms with E-state index >= 15 is 0 Å². The van der Waals surface area contributed by atoms with E-state index in [2.05, 4.69) is 51.5 Å². The molecule has 2 heterocycles. The summed E-state index contributed by atoms with van der Waals surface area (Å²) in [6.45, 7) is 5.00. The van der Waals surface area contributed by atoms with Gasteiger partial charge in [0.1, 0.15) is 0 Å². The van der Waals surface area contributed by atoms with E-state index in [1.807, 2.05) is 30.0 Å². The van der Waals surface area contributed by atoms with Crippen LogP contribution in [0.15, 0.2) is 47.0 Å². The fourth-order valence-corrected chi connectivity index (χ4v) is 5.54. The number of carbonyl (C=O) groups excluding carboxylic acids is 1. The number of aromatic nitrogens is 2. The molecular weight excluding hydrogens is 488 g/mol. The minimum Gasteiger partial charge on any atom is -0.493 e. The molecule has 37 heavy (non-hydrogen) atoms. The summed E-state index contributed by atoms with van der Waals surface area (Å²) in [6, 6.07) is 14.0. The van der Waals surface area contributed by atoms with Crippen molar-refractivity contribution in [3.63, 3.8) is 0 Å². The summed E-state index contributed by atoms with van der Waals surface area (Å²) in [7, 11) is 3.20. The third kappa shape index (κ3) is 7.49. The Hall–Kier alpha value is -3.04. The van der Waals surface area contributed by atoms with E-state index in [4.69, 9.17) is 14.0 Å². The molecule has 9 heteroatoms. The molecule has 0 radical (unpaired) electrons. The van der Waals surface area contributed by atoms with Crippen LogP contribution < -0.4 is 14.8 Å². The van der Waals surface area contributed by atoms with Crippen molar-refractivity contribution in [3.8, 4) is 22.9 Å². The Kier molecular flexibility index (Phi) is 9.85. The van der Waals surface area contributed by atoms with Gasteiger partial charge in [-0.1, -0.05) is 29.4 Å². The molecule has 1 atom stereocenters. The highest BCUT2D eigenvalue weighted by atomic mass is 32.2. The number of carbonyl (C=O) groups is 1. The van der Waals surface area contributed by atoms with Crippen molar-refractivity contribution in [1.29, 1.82) is 0 Å². The SMILES string of the molecule is COc1ccc(-c2noc(CN3CCCC(C(=O)NCCCSCc4ccccc4C)C3)n2)cc1OC. The number of hydrogen-bond donors (Lipinski definition) is 1. The van der Waals surface area contributed by atoms with Gasteiger partial charge in [-0.25, -0.2) is 0 Å².